The molecule has 0 saturated heterocycles. The first kappa shape index (κ1) is 27.4. The van der Waals surface area contributed by atoms with Crippen LogP contribution >= 0.6 is 0 Å². The van der Waals surface area contributed by atoms with Gasteiger partial charge in [0.15, 0.2) is 0 Å². The van der Waals surface area contributed by atoms with Crippen LogP contribution in [0.5, 0.6) is 5.75 Å². The van der Waals surface area contributed by atoms with Crippen molar-refractivity contribution in [3.63, 3.8) is 0 Å². The van der Waals surface area contributed by atoms with Gasteiger partial charge in [-0.05, 0) is 29.3 Å². The van der Waals surface area contributed by atoms with Gasteiger partial charge in [-0.3, -0.25) is 4.79 Å². The van der Waals surface area contributed by atoms with Crippen LogP contribution in [-0.2, 0) is 21.0 Å². The van der Waals surface area contributed by atoms with Gasteiger partial charge in [0.1, 0.15) is 12.4 Å². The quantitative estimate of drug-likeness (QED) is 0.323. The van der Waals surface area contributed by atoms with Crippen LogP contribution in [0.4, 0.5) is 0 Å². The molecule has 0 aliphatic rings. The summed E-state index contributed by atoms with van der Waals surface area (Å²) < 4.78 is 5.65. The van der Waals surface area contributed by atoms with Crippen LogP contribution < -0.4 is 79.4 Å². The smallest absolute Gasteiger partial charge is 0.550 e. The predicted octanol–water partition coefficient (Wildman–Crippen LogP) is -6.34. The molecule has 2 rings (SSSR count). The Morgan fingerprint density at radius 3 is 2.14 bits per heavy atom. The third-order valence-corrected chi connectivity index (χ3v) is 3.53. The number of benzene rings is 2. The molecule has 0 radical (unpaired) electrons. The fourth-order valence-electron chi connectivity index (χ4n) is 2.17. The second-order valence-electron chi connectivity index (χ2n) is 5.63. The Bertz CT molecular complexity index is 825. The molecule has 0 aliphatic heterocycles. The molecule has 140 valence electrons. The standard InChI is InChI=1S/C20H19NO6.2Na/c22-18(21-17(20(25)26)12-19(23)24)11-8-14-6-9-16(10-7-14)27-13-15-4-2-1-3-5-15;;/h1-11,17H,12-13H2,(H,21,22)(H,23,24)(H,25,26);;/q;2*+1/p-2/b11-8+;;/t17-;;/m0../s1. The van der Waals surface area contributed by atoms with Gasteiger partial charge >= 0.3 is 59.1 Å². The normalized spacial score (nSPS) is 10.9. The Morgan fingerprint density at radius 1 is 0.966 bits per heavy atom. The summed E-state index contributed by atoms with van der Waals surface area (Å²) in [6.07, 6.45) is 1.70. The molecule has 7 nitrogen and oxygen atoms in total. The number of hydrogen-bond acceptors (Lipinski definition) is 6. The second-order valence-corrected chi connectivity index (χ2v) is 5.63. The number of aliphatic carboxylic acids is 2. The van der Waals surface area contributed by atoms with Gasteiger partial charge in [-0.2, -0.15) is 0 Å². The average molecular weight is 413 g/mol. The third kappa shape index (κ3) is 10.7. The molecule has 29 heavy (non-hydrogen) atoms. The molecule has 2 aromatic carbocycles. The topological polar surface area (TPSA) is 119 Å². The molecule has 1 N–H and O–H groups in total. The molecule has 9 heteroatoms. The van der Waals surface area contributed by atoms with Gasteiger partial charge < -0.3 is 29.9 Å². The van der Waals surface area contributed by atoms with Crippen LogP contribution in [0, 0.1) is 0 Å². The average Bonchev–Trinajstić information content (AvgIpc) is 2.65. The molecule has 1 amide bonds. The van der Waals surface area contributed by atoms with Gasteiger partial charge in [0.05, 0.1) is 12.0 Å². The summed E-state index contributed by atoms with van der Waals surface area (Å²) in [5.74, 6) is -3.39. The molecule has 0 aromatic heterocycles. The van der Waals surface area contributed by atoms with E-state index in [0.29, 0.717) is 17.9 Å². The Balaban J connectivity index is 0.00000392. The van der Waals surface area contributed by atoms with Crippen LogP contribution in [-0.4, -0.2) is 23.9 Å². The number of ether oxygens (including phenoxy) is 1. The van der Waals surface area contributed by atoms with Crippen molar-refractivity contribution < 1.29 is 88.4 Å². The molecular weight excluding hydrogens is 396 g/mol. The van der Waals surface area contributed by atoms with Crippen molar-refractivity contribution in [3.8, 4) is 5.75 Å². The summed E-state index contributed by atoms with van der Waals surface area (Å²) in [6.45, 7) is 0.432. The van der Waals surface area contributed by atoms with Crippen LogP contribution in [0.3, 0.4) is 0 Å². The number of carbonyl (C=O) groups excluding carboxylic acids is 3. The van der Waals surface area contributed by atoms with E-state index in [0.717, 1.165) is 11.6 Å². The van der Waals surface area contributed by atoms with E-state index >= 15 is 0 Å². The molecule has 0 saturated carbocycles. The number of nitrogens with one attached hydrogen (secondary N) is 1. The Morgan fingerprint density at radius 2 is 1.59 bits per heavy atom. The van der Waals surface area contributed by atoms with Crippen LogP contribution in [0.1, 0.15) is 17.5 Å². The fourth-order valence-corrected chi connectivity index (χ4v) is 2.17. The van der Waals surface area contributed by atoms with E-state index in [4.69, 9.17) is 4.74 Å². The maximum atomic E-state index is 11.7. The summed E-state index contributed by atoms with van der Waals surface area (Å²) in [5, 5.41) is 23.3. The van der Waals surface area contributed by atoms with E-state index in [2.05, 4.69) is 0 Å². The second kappa shape index (κ2) is 14.4. The Hall–Kier alpha value is -1.61. The summed E-state index contributed by atoms with van der Waals surface area (Å²) in [4.78, 5) is 33.0. The summed E-state index contributed by atoms with van der Waals surface area (Å²) in [7, 11) is 0. The zero-order valence-electron chi connectivity index (χ0n) is 16.3. The molecule has 0 aliphatic carbocycles. The van der Waals surface area contributed by atoms with Crippen molar-refractivity contribution in [1.82, 2.24) is 5.32 Å². The molecule has 0 heterocycles. The number of rotatable bonds is 9. The van der Waals surface area contributed by atoms with E-state index in [-0.39, 0.29) is 59.1 Å². The minimum absolute atomic E-state index is 0. The van der Waals surface area contributed by atoms with Gasteiger partial charge in [-0.25, -0.2) is 0 Å². The molecule has 2 aromatic rings. The Kier molecular flexibility index (Phi) is 13.6. The maximum absolute atomic E-state index is 11.7. The summed E-state index contributed by atoms with van der Waals surface area (Å²) in [6, 6.07) is 15.0. The van der Waals surface area contributed by atoms with Crippen molar-refractivity contribution in [3.05, 3.63) is 71.8 Å². The first-order chi connectivity index (χ1) is 12.9. The van der Waals surface area contributed by atoms with Crippen molar-refractivity contribution in [2.75, 3.05) is 0 Å². The van der Waals surface area contributed by atoms with Crippen molar-refractivity contribution in [1.29, 1.82) is 0 Å². The van der Waals surface area contributed by atoms with Gasteiger partial charge in [-0.1, -0.05) is 42.5 Å². The number of hydrogen-bond donors (Lipinski definition) is 1. The van der Waals surface area contributed by atoms with Crippen molar-refractivity contribution >= 4 is 23.9 Å². The third-order valence-electron chi connectivity index (χ3n) is 3.53. The first-order valence-electron chi connectivity index (χ1n) is 8.10. The van der Waals surface area contributed by atoms with Crippen LogP contribution in [0.2, 0.25) is 0 Å². The maximum Gasteiger partial charge on any atom is 1.00 e. The molecule has 0 spiro atoms. The number of carboxylic acids is 2. The van der Waals surface area contributed by atoms with Crippen molar-refractivity contribution in [2.24, 2.45) is 0 Å². The minimum atomic E-state index is -1.69. The fraction of sp³-hybridized carbons (Fsp3) is 0.150. The van der Waals surface area contributed by atoms with E-state index in [1.165, 1.54) is 6.08 Å². The van der Waals surface area contributed by atoms with Gasteiger partial charge in [0.25, 0.3) is 0 Å². The predicted molar refractivity (Wildman–Crippen MR) is 92.8 cm³/mol. The summed E-state index contributed by atoms with van der Waals surface area (Å²) in [5.41, 5.74) is 1.72. The zero-order chi connectivity index (χ0) is 19.6. The molecule has 0 unspecified atom stereocenters. The largest absolute Gasteiger partial charge is 1.00 e. The number of carboxylic acid groups (broad SMARTS) is 2. The number of carbonyl (C=O) groups is 3. The SMILES string of the molecule is O=C([O-])C[C@H](NC(=O)/C=C/c1ccc(OCc2ccccc2)cc1)C(=O)[O-].[Na+].[Na+]. The minimum Gasteiger partial charge on any atom is -0.550 e. The summed E-state index contributed by atoms with van der Waals surface area (Å²) >= 11 is 0. The van der Waals surface area contributed by atoms with Crippen LogP contribution in [0.15, 0.2) is 60.7 Å². The Labute approximate surface area is 212 Å². The van der Waals surface area contributed by atoms with Crippen molar-refractivity contribution in [2.45, 2.75) is 19.1 Å². The zero-order valence-corrected chi connectivity index (χ0v) is 20.3. The van der Waals surface area contributed by atoms with E-state index in [1.807, 2.05) is 35.6 Å². The monoisotopic (exact) mass is 413 g/mol. The first-order valence-corrected chi connectivity index (χ1v) is 8.10. The molecule has 0 fully saturated rings. The molecule has 1 atom stereocenters. The molecular formula is C20H17NNa2O6. The number of amides is 1. The van der Waals surface area contributed by atoms with Gasteiger partial charge in [-0.15, -0.1) is 0 Å². The van der Waals surface area contributed by atoms with Gasteiger partial charge in [0, 0.05) is 18.5 Å². The van der Waals surface area contributed by atoms with E-state index in [9.17, 15) is 24.6 Å². The van der Waals surface area contributed by atoms with E-state index in [1.54, 1.807) is 24.3 Å². The molecule has 0 bridgehead atoms. The van der Waals surface area contributed by atoms with E-state index < -0.39 is 30.3 Å². The van der Waals surface area contributed by atoms with Gasteiger partial charge in [0.2, 0.25) is 5.91 Å². The van der Waals surface area contributed by atoms with Crippen LogP contribution in [0.25, 0.3) is 6.08 Å².